The van der Waals surface area contributed by atoms with Gasteiger partial charge in [-0.25, -0.2) is 4.79 Å². The van der Waals surface area contributed by atoms with E-state index in [2.05, 4.69) is 5.32 Å². The van der Waals surface area contributed by atoms with Crippen LogP contribution in [0.2, 0.25) is 5.02 Å². The van der Waals surface area contributed by atoms with E-state index in [4.69, 9.17) is 11.6 Å². The SMILES string of the molecule is CCc1cc(Cl)ccc1NC(=O)N1CCCCC[C@H]1CO. The largest absolute Gasteiger partial charge is 0.394 e. The van der Waals surface area contributed by atoms with Crippen LogP contribution in [0.4, 0.5) is 10.5 Å². The van der Waals surface area contributed by atoms with Gasteiger partial charge in [-0.15, -0.1) is 0 Å². The van der Waals surface area contributed by atoms with Gasteiger partial charge in [0.2, 0.25) is 0 Å². The molecule has 0 unspecified atom stereocenters. The van der Waals surface area contributed by atoms with E-state index in [0.717, 1.165) is 43.4 Å². The lowest BCUT2D eigenvalue weighted by Gasteiger charge is -2.29. The highest BCUT2D eigenvalue weighted by Crippen LogP contribution is 2.23. The van der Waals surface area contributed by atoms with Crippen molar-refractivity contribution in [3.8, 4) is 0 Å². The van der Waals surface area contributed by atoms with Crippen molar-refractivity contribution in [2.45, 2.75) is 45.1 Å². The summed E-state index contributed by atoms with van der Waals surface area (Å²) in [6, 6.07) is 5.29. The maximum Gasteiger partial charge on any atom is 0.322 e. The lowest BCUT2D eigenvalue weighted by molar-refractivity contribution is 0.142. The first-order valence-corrected chi connectivity index (χ1v) is 8.00. The molecule has 1 saturated heterocycles. The zero-order valence-electron chi connectivity index (χ0n) is 12.4. The van der Waals surface area contributed by atoms with Crippen LogP contribution in [0.25, 0.3) is 0 Å². The Bertz CT molecular complexity index is 493. The number of anilines is 1. The highest BCUT2D eigenvalue weighted by molar-refractivity contribution is 6.30. The third-order valence-corrected chi connectivity index (χ3v) is 4.27. The van der Waals surface area contributed by atoms with E-state index in [1.54, 1.807) is 11.0 Å². The van der Waals surface area contributed by atoms with Crippen molar-refractivity contribution in [2.24, 2.45) is 0 Å². The number of rotatable bonds is 3. The molecule has 1 aliphatic heterocycles. The van der Waals surface area contributed by atoms with Crippen LogP contribution in [0.15, 0.2) is 18.2 Å². The summed E-state index contributed by atoms with van der Waals surface area (Å²) in [4.78, 5) is 14.3. The van der Waals surface area contributed by atoms with Gasteiger partial charge in [0.05, 0.1) is 12.6 Å². The molecule has 0 saturated carbocycles. The molecule has 4 nitrogen and oxygen atoms in total. The summed E-state index contributed by atoms with van der Waals surface area (Å²) in [6.07, 6.45) is 4.84. The molecule has 2 amide bonds. The van der Waals surface area contributed by atoms with Gasteiger partial charge in [0, 0.05) is 17.3 Å². The Kier molecular flexibility index (Phi) is 5.88. The molecule has 0 bridgehead atoms. The monoisotopic (exact) mass is 310 g/mol. The molecule has 0 spiro atoms. The molecule has 1 aromatic carbocycles. The number of carbonyl (C=O) groups excluding carboxylic acids is 1. The lowest BCUT2D eigenvalue weighted by atomic mass is 10.1. The number of amides is 2. The average Bonchev–Trinajstić information content (AvgIpc) is 2.74. The number of aryl methyl sites for hydroxylation is 1. The van der Waals surface area contributed by atoms with Crippen LogP contribution in [0.1, 0.15) is 38.2 Å². The van der Waals surface area contributed by atoms with Crippen LogP contribution >= 0.6 is 11.6 Å². The normalized spacial score (nSPS) is 19.2. The minimum Gasteiger partial charge on any atom is -0.394 e. The second kappa shape index (κ2) is 7.66. The van der Waals surface area contributed by atoms with Crippen molar-refractivity contribution in [3.63, 3.8) is 0 Å². The number of hydrogen-bond acceptors (Lipinski definition) is 2. The molecule has 1 atom stereocenters. The maximum absolute atomic E-state index is 12.5. The van der Waals surface area contributed by atoms with Gasteiger partial charge in [-0.05, 0) is 43.0 Å². The van der Waals surface area contributed by atoms with Crippen molar-refractivity contribution in [1.82, 2.24) is 4.90 Å². The average molecular weight is 311 g/mol. The molecule has 1 fully saturated rings. The number of carbonyl (C=O) groups is 1. The molecule has 1 heterocycles. The van der Waals surface area contributed by atoms with Crippen LogP contribution < -0.4 is 5.32 Å². The predicted molar refractivity (Wildman–Crippen MR) is 85.9 cm³/mol. The summed E-state index contributed by atoms with van der Waals surface area (Å²) < 4.78 is 0. The number of halogens is 1. The Hall–Kier alpha value is -1.26. The Morgan fingerprint density at radius 1 is 1.43 bits per heavy atom. The lowest BCUT2D eigenvalue weighted by Crippen LogP contribution is -2.44. The quantitative estimate of drug-likeness (QED) is 0.895. The van der Waals surface area contributed by atoms with Gasteiger partial charge in [-0.3, -0.25) is 0 Å². The van der Waals surface area contributed by atoms with Gasteiger partial charge in [-0.1, -0.05) is 31.4 Å². The molecule has 116 valence electrons. The Balaban J connectivity index is 2.12. The first-order chi connectivity index (χ1) is 10.2. The predicted octanol–water partition coefficient (Wildman–Crippen LogP) is 3.67. The van der Waals surface area contributed by atoms with Gasteiger partial charge in [0.25, 0.3) is 0 Å². The van der Waals surface area contributed by atoms with E-state index in [-0.39, 0.29) is 18.7 Å². The fourth-order valence-corrected chi connectivity index (χ4v) is 2.99. The van der Waals surface area contributed by atoms with Gasteiger partial charge in [0.1, 0.15) is 0 Å². The summed E-state index contributed by atoms with van der Waals surface area (Å²) in [5.74, 6) is 0. The van der Waals surface area contributed by atoms with Crippen LogP contribution in [0, 0.1) is 0 Å². The van der Waals surface area contributed by atoms with Crippen LogP contribution in [-0.2, 0) is 6.42 Å². The van der Waals surface area contributed by atoms with Crippen LogP contribution in [-0.4, -0.2) is 35.2 Å². The number of hydrogen-bond donors (Lipinski definition) is 2. The number of nitrogens with one attached hydrogen (secondary N) is 1. The number of nitrogens with zero attached hydrogens (tertiary/aromatic N) is 1. The molecule has 0 radical (unpaired) electrons. The van der Waals surface area contributed by atoms with E-state index < -0.39 is 0 Å². The number of urea groups is 1. The van der Waals surface area contributed by atoms with Gasteiger partial charge < -0.3 is 15.3 Å². The zero-order valence-corrected chi connectivity index (χ0v) is 13.2. The first-order valence-electron chi connectivity index (χ1n) is 7.62. The Morgan fingerprint density at radius 3 is 2.95 bits per heavy atom. The summed E-state index contributed by atoms with van der Waals surface area (Å²) in [6.45, 7) is 2.75. The third-order valence-electron chi connectivity index (χ3n) is 4.04. The number of likely N-dealkylation sites (tertiary alicyclic amines) is 1. The zero-order chi connectivity index (χ0) is 15.2. The molecule has 2 N–H and O–H groups in total. The molecule has 21 heavy (non-hydrogen) atoms. The smallest absolute Gasteiger partial charge is 0.322 e. The molecule has 1 aliphatic rings. The summed E-state index contributed by atoms with van der Waals surface area (Å²) in [7, 11) is 0. The first kappa shape index (κ1) is 16.1. The third kappa shape index (κ3) is 4.11. The van der Waals surface area contributed by atoms with Crippen molar-refractivity contribution in [2.75, 3.05) is 18.5 Å². The second-order valence-electron chi connectivity index (χ2n) is 5.46. The molecule has 0 aliphatic carbocycles. The van der Waals surface area contributed by atoms with E-state index >= 15 is 0 Å². The van der Waals surface area contributed by atoms with Crippen LogP contribution in [0.5, 0.6) is 0 Å². The standard InChI is InChI=1S/C16H23ClN2O2/c1-2-12-10-13(17)7-8-15(12)18-16(21)19-9-5-3-4-6-14(19)11-20/h7-8,10,14,20H,2-6,9,11H2,1H3,(H,18,21)/t14-/m0/s1. The van der Waals surface area contributed by atoms with E-state index in [0.29, 0.717) is 11.6 Å². The molecule has 2 rings (SSSR count). The molecular formula is C16H23ClN2O2. The maximum atomic E-state index is 12.5. The highest BCUT2D eigenvalue weighted by Gasteiger charge is 2.25. The van der Waals surface area contributed by atoms with E-state index in [9.17, 15) is 9.90 Å². The molecular weight excluding hydrogens is 288 g/mol. The van der Waals surface area contributed by atoms with Gasteiger partial charge in [0.15, 0.2) is 0 Å². The second-order valence-corrected chi connectivity index (χ2v) is 5.90. The topological polar surface area (TPSA) is 52.6 Å². The minimum absolute atomic E-state index is 0.0225. The number of aliphatic hydroxyl groups excluding tert-OH is 1. The molecule has 0 aromatic heterocycles. The van der Waals surface area contributed by atoms with Crippen LogP contribution in [0.3, 0.4) is 0 Å². The fourth-order valence-electron chi connectivity index (χ4n) is 2.80. The minimum atomic E-state index is -0.132. The van der Waals surface area contributed by atoms with Gasteiger partial charge in [-0.2, -0.15) is 0 Å². The van der Waals surface area contributed by atoms with E-state index in [1.165, 1.54) is 0 Å². The van der Waals surface area contributed by atoms with Crippen molar-refractivity contribution in [3.05, 3.63) is 28.8 Å². The number of benzene rings is 1. The fraction of sp³-hybridized carbons (Fsp3) is 0.562. The Morgan fingerprint density at radius 2 is 2.24 bits per heavy atom. The van der Waals surface area contributed by atoms with Crippen molar-refractivity contribution < 1.29 is 9.90 Å². The van der Waals surface area contributed by atoms with E-state index in [1.807, 2.05) is 19.1 Å². The molecule has 5 heteroatoms. The summed E-state index contributed by atoms with van der Waals surface area (Å²) >= 11 is 5.99. The highest BCUT2D eigenvalue weighted by atomic mass is 35.5. The summed E-state index contributed by atoms with van der Waals surface area (Å²) in [5, 5.41) is 13.1. The Labute approximate surface area is 131 Å². The molecule has 1 aromatic rings. The number of aliphatic hydroxyl groups is 1. The van der Waals surface area contributed by atoms with Gasteiger partial charge >= 0.3 is 6.03 Å². The van der Waals surface area contributed by atoms with Crippen molar-refractivity contribution in [1.29, 1.82) is 0 Å². The van der Waals surface area contributed by atoms with Crippen molar-refractivity contribution >= 4 is 23.3 Å². The summed E-state index contributed by atoms with van der Waals surface area (Å²) in [5.41, 5.74) is 1.82.